The molecule has 0 amide bonds. The average Bonchev–Trinajstić information content (AvgIpc) is 2.47. The molecule has 1 aromatic heterocycles. The van der Waals surface area contributed by atoms with E-state index in [0.29, 0.717) is 10.9 Å². The van der Waals surface area contributed by atoms with Crippen LogP contribution in [-0.2, 0) is 4.79 Å². The highest BCUT2D eigenvalue weighted by molar-refractivity contribution is 7.14. The standard InChI is InChI=1S/C8H10ClNO2S/c1-5(8(11)12)3-10-6-2-7(9)13-4-6/h2,4-5,10H,3H2,1H3,(H,11,12). The molecule has 13 heavy (non-hydrogen) atoms. The second kappa shape index (κ2) is 4.48. The van der Waals surface area contributed by atoms with E-state index >= 15 is 0 Å². The molecular weight excluding hydrogens is 210 g/mol. The third-order valence-corrected chi connectivity index (χ3v) is 2.69. The smallest absolute Gasteiger partial charge is 0.308 e. The summed E-state index contributed by atoms with van der Waals surface area (Å²) in [4.78, 5) is 10.5. The summed E-state index contributed by atoms with van der Waals surface area (Å²) in [5, 5.41) is 13.5. The number of rotatable bonds is 4. The maximum atomic E-state index is 10.5. The summed E-state index contributed by atoms with van der Waals surface area (Å²) >= 11 is 7.12. The van der Waals surface area contributed by atoms with Crippen LogP contribution in [0.1, 0.15) is 6.92 Å². The van der Waals surface area contributed by atoms with E-state index in [4.69, 9.17) is 16.7 Å². The van der Waals surface area contributed by atoms with Gasteiger partial charge in [-0.25, -0.2) is 0 Å². The van der Waals surface area contributed by atoms with Gasteiger partial charge in [-0.15, -0.1) is 11.3 Å². The number of carboxylic acids is 1. The molecule has 0 aliphatic carbocycles. The van der Waals surface area contributed by atoms with Crippen LogP contribution in [0, 0.1) is 5.92 Å². The molecule has 0 aromatic carbocycles. The first kappa shape index (κ1) is 10.3. The van der Waals surface area contributed by atoms with Crippen LogP contribution in [0.3, 0.4) is 0 Å². The molecule has 72 valence electrons. The molecular formula is C8H10ClNO2S. The lowest BCUT2D eigenvalue weighted by atomic mass is 10.2. The maximum absolute atomic E-state index is 10.5. The molecule has 1 unspecified atom stereocenters. The first-order chi connectivity index (χ1) is 6.09. The van der Waals surface area contributed by atoms with Gasteiger partial charge in [-0.2, -0.15) is 0 Å². The van der Waals surface area contributed by atoms with Crippen LogP contribution in [0.5, 0.6) is 0 Å². The summed E-state index contributed by atoms with van der Waals surface area (Å²) in [5.41, 5.74) is 0.878. The van der Waals surface area contributed by atoms with Crippen LogP contribution in [-0.4, -0.2) is 17.6 Å². The highest BCUT2D eigenvalue weighted by Crippen LogP contribution is 2.23. The Hall–Kier alpha value is -0.740. The van der Waals surface area contributed by atoms with Crippen molar-refractivity contribution in [2.45, 2.75) is 6.92 Å². The number of carboxylic acid groups (broad SMARTS) is 1. The summed E-state index contributed by atoms with van der Waals surface area (Å²) in [6, 6.07) is 1.78. The normalized spacial score (nSPS) is 12.5. The van der Waals surface area contributed by atoms with Gasteiger partial charge in [0, 0.05) is 17.6 Å². The molecule has 0 saturated heterocycles. The highest BCUT2D eigenvalue weighted by atomic mass is 35.5. The van der Waals surface area contributed by atoms with Gasteiger partial charge in [-0.1, -0.05) is 18.5 Å². The Kier molecular flexibility index (Phi) is 3.57. The highest BCUT2D eigenvalue weighted by Gasteiger charge is 2.10. The minimum Gasteiger partial charge on any atom is -0.481 e. The quantitative estimate of drug-likeness (QED) is 0.818. The Morgan fingerprint density at radius 3 is 3.00 bits per heavy atom. The molecule has 3 nitrogen and oxygen atoms in total. The van der Waals surface area contributed by atoms with Gasteiger partial charge in [0.2, 0.25) is 0 Å². The molecule has 2 N–H and O–H groups in total. The number of aliphatic carboxylic acids is 1. The minimum atomic E-state index is -0.797. The van der Waals surface area contributed by atoms with Crippen molar-refractivity contribution in [3.63, 3.8) is 0 Å². The number of hydrogen-bond donors (Lipinski definition) is 2. The Morgan fingerprint density at radius 2 is 2.54 bits per heavy atom. The van der Waals surface area contributed by atoms with E-state index in [1.54, 1.807) is 13.0 Å². The molecule has 0 bridgehead atoms. The SMILES string of the molecule is CC(CNc1csc(Cl)c1)C(=O)O. The summed E-state index contributed by atoms with van der Waals surface area (Å²) in [6.07, 6.45) is 0. The van der Waals surface area contributed by atoms with E-state index in [0.717, 1.165) is 5.69 Å². The Morgan fingerprint density at radius 1 is 1.85 bits per heavy atom. The van der Waals surface area contributed by atoms with Gasteiger partial charge in [0.05, 0.1) is 10.3 Å². The maximum Gasteiger partial charge on any atom is 0.308 e. The van der Waals surface area contributed by atoms with Crippen molar-refractivity contribution in [2.24, 2.45) is 5.92 Å². The second-order valence-corrected chi connectivity index (χ2v) is 4.30. The van der Waals surface area contributed by atoms with Crippen molar-refractivity contribution in [1.82, 2.24) is 0 Å². The Labute approximate surface area is 85.3 Å². The van der Waals surface area contributed by atoms with Gasteiger partial charge in [-0.3, -0.25) is 4.79 Å². The summed E-state index contributed by atoms with van der Waals surface area (Å²) in [7, 11) is 0. The van der Waals surface area contributed by atoms with Gasteiger partial charge in [0.15, 0.2) is 0 Å². The van der Waals surface area contributed by atoms with Crippen molar-refractivity contribution in [3.8, 4) is 0 Å². The van der Waals surface area contributed by atoms with Crippen molar-refractivity contribution in [3.05, 3.63) is 15.8 Å². The molecule has 0 fully saturated rings. The third-order valence-electron chi connectivity index (χ3n) is 1.60. The molecule has 0 aliphatic heterocycles. The van der Waals surface area contributed by atoms with Gasteiger partial charge < -0.3 is 10.4 Å². The van der Waals surface area contributed by atoms with E-state index in [2.05, 4.69) is 5.32 Å². The number of hydrogen-bond acceptors (Lipinski definition) is 3. The van der Waals surface area contributed by atoms with Gasteiger partial charge in [0.1, 0.15) is 0 Å². The molecule has 1 aromatic rings. The van der Waals surface area contributed by atoms with Crippen LogP contribution < -0.4 is 5.32 Å². The second-order valence-electron chi connectivity index (χ2n) is 2.76. The lowest BCUT2D eigenvalue weighted by molar-refractivity contribution is -0.140. The zero-order chi connectivity index (χ0) is 9.84. The number of anilines is 1. The topological polar surface area (TPSA) is 49.3 Å². The van der Waals surface area contributed by atoms with E-state index in [1.807, 2.05) is 5.38 Å². The molecule has 0 saturated carbocycles. The lowest BCUT2D eigenvalue weighted by Crippen LogP contribution is -2.19. The fraction of sp³-hybridized carbons (Fsp3) is 0.375. The molecule has 1 rings (SSSR count). The Balaban J connectivity index is 2.39. The monoisotopic (exact) mass is 219 g/mol. The number of halogens is 1. The zero-order valence-electron chi connectivity index (χ0n) is 7.08. The zero-order valence-corrected chi connectivity index (χ0v) is 8.65. The first-order valence-corrected chi connectivity index (χ1v) is 5.06. The lowest BCUT2D eigenvalue weighted by Gasteiger charge is -2.06. The minimum absolute atomic E-state index is 0.390. The van der Waals surface area contributed by atoms with Crippen molar-refractivity contribution in [2.75, 3.05) is 11.9 Å². The summed E-state index contributed by atoms with van der Waals surface area (Å²) in [5.74, 6) is -1.19. The van der Waals surface area contributed by atoms with Crippen molar-refractivity contribution < 1.29 is 9.90 Å². The Bertz CT molecular complexity index is 300. The van der Waals surface area contributed by atoms with Crippen LogP contribution in [0.2, 0.25) is 4.34 Å². The first-order valence-electron chi connectivity index (χ1n) is 3.80. The van der Waals surface area contributed by atoms with Gasteiger partial charge >= 0.3 is 5.97 Å². The van der Waals surface area contributed by atoms with Crippen molar-refractivity contribution >= 4 is 34.6 Å². The number of thiophene rings is 1. The van der Waals surface area contributed by atoms with Crippen LogP contribution in [0.4, 0.5) is 5.69 Å². The molecule has 1 heterocycles. The average molecular weight is 220 g/mol. The van der Waals surface area contributed by atoms with Gasteiger partial charge in [-0.05, 0) is 6.07 Å². The van der Waals surface area contributed by atoms with Gasteiger partial charge in [0.25, 0.3) is 0 Å². The van der Waals surface area contributed by atoms with Crippen LogP contribution in [0.15, 0.2) is 11.4 Å². The fourth-order valence-corrected chi connectivity index (χ4v) is 1.60. The largest absolute Gasteiger partial charge is 0.481 e. The molecule has 0 aliphatic rings. The van der Waals surface area contributed by atoms with Crippen molar-refractivity contribution in [1.29, 1.82) is 0 Å². The predicted octanol–water partition coefficient (Wildman–Crippen LogP) is 2.53. The summed E-state index contributed by atoms with van der Waals surface area (Å²) < 4.78 is 0.700. The van der Waals surface area contributed by atoms with Crippen LogP contribution >= 0.6 is 22.9 Å². The van der Waals surface area contributed by atoms with E-state index in [1.165, 1.54) is 11.3 Å². The van der Waals surface area contributed by atoms with Crippen LogP contribution in [0.25, 0.3) is 0 Å². The number of carbonyl (C=O) groups is 1. The predicted molar refractivity (Wildman–Crippen MR) is 54.6 cm³/mol. The molecule has 1 atom stereocenters. The van der Waals surface area contributed by atoms with E-state index in [9.17, 15) is 4.79 Å². The fourth-order valence-electron chi connectivity index (χ4n) is 0.761. The molecule has 5 heteroatoms. The third kappa shape index (κ3) is 3.24. The van der Waals surface area contributed by atoms with E-state index < -0.39 is 11.9 Å². The number of nitrogens with one attached hydrogen (secondary N) is 1. The molecule has 0 radical (unpaired) electrons. The molecule has 0 spiro atoms. The summed E-state index contributed by atoms with van der Waals surface area (Å²) in [6.45, 7) is 2.08. The van der Waals surface area contributed by atoms with E-state index in [-0.39, 0.29) is 0 Å².